The first kappa shape index (κ1) is 23.4. The lowest BCUT2D eigenvalue weighted by Crippen LogP contribution is -2.34. The predicted octanol–water partition coefficient (Wildman–Crippen LogP) is 4.48. The Hall–Kier alpha value is -3.29. The fourth-order valence-electron chi connectivity index (χ4n) is 3.41. The predicted molar refractivity (Wildman–Crippen MR) is 120 cm³/mol. The lowest BCUT2D eigenvalue weighted by molar-refractivity contribution is -0.134. The van der Waals surface area contributed by atoms with E-state index in [9.17, 15) is 14.0 Å². The molecular weight excluding hydrogens is 411 g/mol. The molecule has 1 amide bonds. The maximum atomic E-state index is 13.4. The highest BCUT2D eigenvalue weighted by atomic mass is 19.1. The molecule has 1 aromatic carbocycles. The first-order chi connectivity index (χ1) is 15.2. The number of esters is 1. The van der Waals surface area contributed by atoms with Gasteiger partial charge >= 0.3 is 5.97 Å². The van der Waals surface area contributed by atoms with Gasteiger partial charge in [-0.25, -0.2) is 18.9 Å². The number of carbonyl (C=O) groups excluding carboxylic acids is 2. The zero-order chi connectivity index (χ0) is 23.4. The summed E-state index contributed by atoms with van der Waals surface area (Å²) >= 11 is 0. The number of amides is 1. The van der Waals surface area contributed by atoms with Crippen molar-refractivity contribution in [2.75, 3.05) is 13.2 Å². The number of likely N-dealkylation sites (N-methyl/N-ethyl adjacent to an activating group) is 1. The van der Waals surface area contributed by atoms with Gasteiger partial charge in [-0.1, -0.05) is 26.0 Å². The van der Waals surface area contributed by atoms with Gasteiger partial charge < -0.3 is 9.64 Å². The molecule has 2 aromatic heterocycles. The number of nitrogens with zero attached hydrogens (tertiary/aromatic N) is 4. The molecule has 0 spiro atoms. The van der Waals surface area contributed by atoms with Crippen LogP contribution in [0.15, 0.2) is 36.5 Å². The van der Waals surface area contributed by atoms with Crippen LogP contribution in [0.5, 0.6) is 0 Å². The lowest BCUT2D eigenvalue weighted by atomic mass is 10.1. The summed E-state index contributed by atoms with van der Waals surface area (Å²) in [5.41, 5.74) is 2.38. The Bertz CT molecular complexity index is 1120. The van der Waals surface area contributed by atoms with Crippen molar-refractivity contribution >= 4 is 22.9 Å². The summed E-state index contributed by atoms with van der Waals surface area (Å²) in [5, 5.41) is 4.96. The molecule has 0 aliphatic carbocycles. The van der Waals surface area contributed by atoms with Gasteiger partial charge in [0.25, 0.3) is 5.91 Å². The number of carbonyl (C=O) groups is 2. The number of hydrogen-bond acceptors (Lipinski definition) is 5. The summed E-state index contributed by atoms with van der Waals surface area (Å²) in [6, 6.07) is 7.87. The highest BCUT2D eigenvalue weighted by Crippen LogP contribution is 2.25. The average molecular weight is 441 g/mol. The third-order valence-electron chi connectivity index (χ3n) is 5.21. The molecule has 3 rings (SSSR count). The minimum absolute atomic E-state index is 0.0776. The number of fused-ring (bicyclic) bond motifs is 1. The topological polar surface area (TPSA) is 77.3 Å². The van der Waals surface area contributed by atoms with Crippen molar-refractivity contribution in [1.82, 2.24) is 19.7 Å². The highest BCUT2D eigenvalue weighted by molar-refractivity contribution is 6.03. The molecule has 8 heteroatoms. The van der Waals surface area contributed by atoms with E-state index in [1.165, 1.54) is 17.0 Å². The van der Waals surface area contributed by atoms with Crippen LogP contribution in [0, 0.1) is 5.82 Å². The second-order valence-corrected chi connectivity index (χ2v) is 8.28. The van der Waals surface area contributed by atoms with E-state index in [0.29, 0.717) is 28.7 Å². The van der Waals surface area contributed by atoms with Crippen LogP contribution in [0.4, 0.5) is 4.39 Å². The molecule has 0 bridgehead atoms. The van der Waals surface area contributed by atoms with Crippen LogP contribution in [0.3, 0.4) is 0 Å². The number of benzene rings is 1. The number of pyridine rings is 1. The van der Waals surface area contributed by atoms with E-state index in [-0.39, 0.29) is 30.2 Å². The second-order valence-electron chi connectivity index (χ2n) is 8.28. The van der Waals surface area contributed by atoms with Crippen LogP contribution in [-0.2, 0) is 16.1 Å². The zero-order valence-electron chi connectivity index (χ0n) is 19.1. The van der Waals surface area contributed by atoms with Crippen LogP contribution >= 0.6 is 0 Å². The molecule has 2 heterocycles. The minimum atomic E-state index is -0.599. The summed E-state index contributed by atoms with van der Waals surface area (Å²) in [7, 11) is 0. The number of rotatable bonds is 8. The van der Waals surface area contributed by atoms with Crippen molar-refractivity contribution in [3.63, 3.8) is 0 Å². The molecule has 0 radical (unpaired) electrons. The molecule has 7 nitrogen and oxygen atoms in total. The van der Waals surface area contributed by atoms with Crippen molar-refractivity contribution in [2.45, 2.75) is 53.1 Å². The van der Waals surface area contributed by atoms with Crippen LogP contribution in [-0.4, -0.2) is 44.7 Å². The summed E-state index contributed by atoms with van der Waals surface area (Å²) in [4.78, 5) is 31.8. The van der Waals surface area contributed by atoms with E-state index in [4.69, 9.17) is 4.74 Å². The molecule has 0 atom stereocenters. The molecular formula is C24H29FN4O3. The summed E-state index contributed by atoms with van der Waals surface area (Å²) < 4.78 is 20.6. The molecule has 0 saturated carbocycles. The van der Waals surface area contributed by atoms with E-state index >= 15 is 0 Å². The van der Waals surface area contributed by atoms with Gasteiger partial charge in [0.15, 0.2) is 12.3 Å². The summed E-state index contributed by atoms with van der Waals surface area (Å²) in [6.45, 7) is 10.0. The summed E-state index contributed by atoms with van der Waals surface area (Å²) in [5.74, 6) is -1.21. The van der Waals surface area contributed by atoms with Crippen molar-refractivity contribution < 1.29 is 18.7 Å². The molecule has 0 N–H and O–H groups in total. The maximum absolute atomic E-state index is 13.4. The molecule has 0 unspecified atom stereocenters. The molecule has 32 heavy (non-hydrogen) atoms. The fraction of sp³-hybridized carbons (Fsp3) is 0.417. The number of hydrogen-bond donors (Lipinski definition) is 0. The Balaban J connectivity index is 1.78. The maximum Gasteiger partial charge on any atom is 0.339 e. The Morgan fingerprint density at radius 3 is 2.56 bits per heavy atom. The Kier molecular flexibility index (Phi) is 7.22. The van der Waals surface area contributed by atoms with Crippen molar-refractivity contribution in [2.24, 2.45) is 0 Å². The van der Waals surface area contributed by atoms with Gasteiger partial charge in [-0.2, -0.15) is 5.10 Å². The normalized spacial score (nSPS) is 11.4. The van der Waals surface area contributed by atoms with E-state index in [1.54, 1.807) is 29.1 Å². The van der Waals surface area contributed by atoms with Gasteiger partial charge in [-0.15, -0.1) is 0 Å². The number of aromatic nitrogens is 3. The Morgan fingerprint density at radius 1 is 1.19 bits per heavy atom. The molecule has 3 aromatic rings. The van der Waals surface area contributed by atoms with E-state index < -0.39 is 12.6 Å². The van der Waals surface area contributed by atoms with Gasteiger partial charge in [0, 0.05) is 24.8 Å². The molecule has 0 aliphatic rings. The van der Waals surface area contributed by atoms with Crippen LogP contribution in [0.25, 0.3) is 11.0 Å². The van der Waals surface area contributed by atoms with Gasteiger partial charge in [0.2, 0.25) is 0 Å². The highest BCUT2D eigenvalue weighted by Gasteiger charge is 2.22. The first-order valence-electron chi connectivity index (χ1n) is 10.8. The smallest absolute Gasteiger partial charge is 0.339 e. The van der Waals surface area contributed by atoms with E-state index in [2.05, 4.69) is 10.1 Å². The molecule has 0 fully saturated rings. The quantitative estimate of drug-likeness (QED) is 0.483. The average Bonchev–Trinajstić information content (AvgIpc) is 3.19. The standard InChI is InChI=1S/C24H29FN4O3/c1-6-28(13-17-8-7-9-18(25)10-17)22(30)14-32-24(31)19-11-21(15(2)3)27-23-20(19)12-26-29(23)16(4)5/h7-12,15-16H,6,13-14H2,1-5H3. The second kappa shape index (κ2) is 9.89. The first-order valence-corrected chi connectivity index (χ1v) is 10.8. The Morgan fingerprint density at radius 2 is 1.94 bits per heavy atom. The lowest BCUT2D eigenvalue weighted by Gasteiger charge is -2.21. The van der Waals surface area contributed by atoms with Crippen molar-refractivity contribution in [1.29, 1.82) is 0 Å². The van der Waals surface area contributed by atoms with E-state index in [1.807, 2.05) is 34.6 Å². The number of halogens is 1. The van der Waals surface area contributed by atoms with Gasteiger partial charge in [0.05, 0.1) is 17.1 Å². The van der Waals surface area contributed by atoms with Crippen molar-refractivity contribution in [3.8, 4) is 0 Å². The Labute approximate surface area is 187 Å². The van der Waals surface area contributed by atoms with Crippen LogP contribution in [0.1, 0.15) is 68.2 Å². The van der Waals surface area contributed by atoms with E-state index in [0.717, 1.165) is 5.69 Å². The van der Waals surface area contributed by atoms with Gasteiger partial charge in [-0.05, 0) is 50.5 Å². The molecule has 0 saturated heterocycles. The van der Waals surface area contributed by atoms with Gasteiger partial charge in [-0.3, -0.25) is 4.79 Å². The summed E-state index contributed by atoms with van der Waals surface area (Å²) in [6.07, 6.45) is 1.60. The van der Waals surface area contributed by atoms with Crippen LogP contribution < -0.4 is 0 Å². The van der Waals surface area contributed by atoms with Crippen LogP contribution in [0.2, 0.25) is 0 Å². The largest absolute Gasteiger partial charge is 0.452 e. The monoisotopic (exact) mass is 440 g/mol. The van der Waals surface area contributed by atoms with Crippen molar-refractivity contribution in [3.05, 3.63) is 59.2 Å². The molecule has 170 valence electrons. The SMILES string of the molecule is CCN(Cc1cccc(F)c1)C(=O)COC(=O)c1cc(C(C)C)nc2c1cnn2C(C)C. The minimum Gasteiger partial charge on any atom is -0.452 e. The third kappa shape index (κ3) is 5.12. The fourth-order valence-corrected chi connectivity index (χ4v) is 3.41. The molecule has 0 aliphatic heterocycles. The van der Waals surface area contributed by atoms with Gasteiger partial charge in [0.1, 0.15) is 5.82 Å². The zero-order valence-corrected chi connectivity index (χ0v) is 19.1. The third-order valence-corrected chi connectivity index (χ3v) is 5.21. The number of ether oxygens (including phenoxy) is 1.